The van der Waals surface area contributed by atoms with Crippen LogP contribution in [0.2, 0.25) is 0 Å². The summed E-state index contributed by atoms with van der Waals surface area (Å²) in [6, 6.07) is 18.9. The van der Waals surface area contributed by atoms with Crippen LogP contribution in [0.4, 0.5) is 0 Å². The first-order chi connectivity index (χ1) is 8.84. The number of rotatable bonds is 0. The third-order valence-corrected chi connectivity index (χ3v) is 4.04. The van der Waals surface area contributed by atoms with Gasteiger partial charge in [-0.05, 0) is 46.2 Å². The van der Waals surface area contributed by atoms with E-state index < -0.39 is 0 Å². The standard InChI is InChI=1S/C15H9IN2/c16-14-9-10-5-1-2-6-11(10)15-17-12-7-3-4-8-13(12)18(14)15/h1-9H. The van der Waals surface area contributed by atoms with Crippen molar-refractivity contribution in [3.8, 4) is 0 Å². The number of para-hydroxylation sites is 2. The quantitative estimate of drug-likeness (QED) is 0.344. The second-order valence-electron chi connectivity index (χ2n) is 4.31. The van der Waals surface area contributed by atoms with Crippen LogP contribution in [0.25, 0.3) is 27.5 Å². The molecule has 2 nitrogen and oxygen atoms in total. The van der Waals surface area contributed by atoms with Gasteiger partial charge in [0, 0.05) is 5.39 Å². The summed E-state index contributed by atoms with van der Waals surface area (Å²) in [6.45, 7) is 0. The molecule has 0 amide bonds. The smallest absolute Gasteiger partial charge is 0.146 e. The van der Waals surface area contributed by atoms with Crippen LogP contribution in [-0.4, -0.2) is 9.38 Å². The summed E-state index contributed by atoms with van der Waals surface area (Å²) in [7, 11) is 0. The maximum atomic E-state index is 4.76. The third-order valence-electron chi connectivity index (χ3n) is 3.25. The fourth-order valence-corrected chi connectivity index (χ4v) is 3.27. The molecule has 4 aromatic rings. The Hall–Kier alpha value is -1.62. The second-order valence-corrected chi connectivity index (χ2v) is 5.42. The fraction of sp³-hybridized carbons (Fsp3) is 0. The van der Waals surface area contributed by atoms with E-state index in [0.717, 1.165) is 11.2 Å². The van der Waals surface area contributed by atoms with E-state index >= 15 is 0 Å². The van der Waals surface area contributed by atoms with Gasteiger partial charge in [0.15, 0.2) is 0 Å². The number of pyridine rings is 1. The largest absolute Gasteiger partial charge is 0.287 e. The molecule has 0 saturated carbocycles. The Balaban J connectivity index is 2.38. The summed E-state index contributed by atoms with van der Waals surface area (Å²) >= 11 is 2.37. The zero-order valence-corrected chi connectivity index (χ0v) is 11.6. The number of fused-ring (bicyclic) bond motifs is 5. The van der Waals surface area contributed by atoms with Gasteiger partial charge in [0.05, 0.1) is 14.7 Å². The molecule has 2 heterocycles. The van der Waals surface area contributed by atoms with Crippen LogP contribution in [0.1, 0.15) is 0 Å². The first-order valence-electron chi connectivity index (χ1n) is 5.79. The number of hydrogen-bond donors (Lipinski definition) is 0. The fourth-order valence-electron chi connectivity index (χ4n) is 2.44. The van der Waals surface area contributed by atoms with Crippen LogP contribution >= 0.6 is 22.6 Å². The molecule has 0 unspecified atom stereocenters. The first kappa shape index (κ1) is 10.3. The van der Waals surface area contributed by atoms with Gasteiger partial charge in [-0.25, -0.2) is 4.98 Å². The normalized spacial score (nSPS) is 11.6. The Labute approximate surface area is 117 Å². The molecule has 0 spiro atoms. The minimum Gasteiger partial charge on any atom is -0.287 e. The molecule has 2 aromatic carbocycles. The SMILES string of the molecule is Ic1cc2ccccc2c2nc3ccccc3n12. The van der Waals surface area contributed by atoms with Crippen LogP contribution in [0.3, 0.4) is 0 Å². The molecule has 2 aromatic heterocycles. The maximum Gasteiger partial charge on any atom is 0.146 e. The average molecular weight is 344 g/mol. The van der Waals surface area contributed by atoms with Gasteiger partial charge >= 0.3 is 0 Å². The average Bonchev–Trinajstić information content (AvgIpc) is 2.79. The van der Waals surface area contributed by atoms with Gasteiger partial charge in [0.25, 0.3) is 0 Å². The molecule has 0 N–H and O–H groups in total. The lowest BCUT2D eigenvalue weighted by Gasteiger charge is -2.04. The van der Waals surface area contributed by atoms with Crippen molar-refractivity contribution < 1.29 is 0 Å². The molecule has 4 rings (SSSR count). The molecule has 18 heavy (non-hydrogen) atoms. The molecule has 86 valence electrons. The van der Waals surface area contributed by atoms with Crippen LogP contribution in [0.15, 0.2) is 54.6 Å². The van der Waals surface area contributed by atoms with Crippen LogP contribution < -0.4 is 0 Å². The highest BCUT2D eigenvalue weighted by atomic mass is 127. The Morgan fingerprint density at radius 1 is 0.944 bits per heavy atom. The first-order valence-corrected chi connectivity index (χ1v) is 6.87. The highest BCUT2D eigenvalue weighted by molar-refractivity contribution is 14.1. The molecule has 0 radical (unpaired) electrons. The van der Waals surface area contributed by atoms with E-state index in [1.54, 1.807) is 0 Å². The number of aromatic nitrogens is 2. The van der Waals surface area contributed by atoms with E-state index in [1.165, 1.54) is 20.0 Å². The van der Waals surface area contributed by atoms with Crippen molar-refractivity contribution in [3.05, 3.63) is 58.3 Å². The number of nitrogens with zero attached hydrogens (tertiary/aromatic N) is 2. The van der Waals surface area contributed by atoms with E-state index in [1.807, 2.05) is 6.07 Å². The van der Waals surface area contributed by atoms with E-state index in [2.05, 4.69) is 75.5 Å². The summed E-state index contributed by atoms with van der Waals surface area (Å²) in [5.74, 6) is 0. The zero-order chi connectivity index (χ0) is 12.1. The van der Waals surface area contributed by atoms with Crippen molar-refractivity contribution in [1.82, 2.24) is 9.38 Å². The predicted molar refractivity (Wildman–Crippen MR) is 82.9 cm³/mol. The highest BCUT2D eigenvalue weighted by Gasteiger charge is 2.09. The minimum atomic E-state index is 1.04. The van der Waals surface area contributed by atoms with Crippen molar-refractivity contribution in [3.63, 3.8) is 0 Å². The molecule has 0 aliphatic heterocycles. The zero-order valence-electron chi connectivity index (χ0n) is 9.47. The Bertz CT molecular complexity index is 893. The maximum absolute atomic E-state index is 4.76. The van der Waals surface area contributed by atoms with E-state index in [9.17, 15) is 0 Å². The lowest BCUT2D eigenvalue weighted by atomic mass is 10.2. The second kappa shape index (κ2) is 3.68. The topological polar surface area (TPSA) is 17.3 Å². The minimum absolute atomic E-state index is 1.04. The molecule has 3 heteroatoms. The molecular weight excluding hydrogens is 335 g/mol. The summed E-state index contributed by atoms with van der Waals surface area (Å²) in [5, 5.41) is 2.44. The van der Waals surface area contributed by atoms with Crippen molar-refractivity contribution in [2.45, 2.75) is 0 Å². The Morgan fingerprint density at radius 3 is 2.67 bits per heavy atom. The van der Waals surface area contributed by atoms with Gasteiger partial charge in [0.1, 0.15) is 5.65 Å². The van der Waals surface area contributed by atoms with Gasteiger partial charge in [0.2, 0.25) is 0 Å². The molecule has 0 fully saturated rings. The van der Waals surface area contributed by atoms with Crippen molar-refractivity contribution in [2.75, 3.05) is 0 Å². The van der Waals surface area contributed by atoms with E-state index in [-0.39, 0.29) is 0 Å². The van der Waals surface area contributed by atoms with Gasteiger partial charge < -0.3 is 0 Å². The number of benzene rings is 2. The number of imidazole rings is 1. The van der Waals surface area contributed by atoms with E-state index in [4.69, 9.17) is 4.98 Å². The lowest BCUT2D eigenvalue weighted by Crippen LogP contribution is -1.91. The summed E-state index contributed by atoms with van der Waals surface area (Å²) < 4.78 is 3.41. The summed E-state index contributed by atoms with van der Waals surface area (Å²) in [4.78, 5) is 4.76. The lowest BCUT2D eigenvalue weighted by molar-refractivity contribution is 1.20. The predicted octanol–water partition coefficient (Wildman–Crippen LogP) is 4.25. The Kier molecular flexibility index (Phi) is 2.11. The molecule has 0 aliphatic carbocycles. The summed E-state index contributed by atoms with van der Waals surface area (Å²) in [5.41, 5.74) is 3.26. The molecule has 0 atom stereocenters. The summed E-state index contributed by atoms with van der Waals surface area (Å²) in [6.07, 6.45) is 0. The van der Waals surface area contributed by atoms with Gasteiger partial charge in [-0.15, -0.1) is 0 Å². The van der Waals surface area contributed by atoms with Gasteiger partial charge in [-0.1, -0.05) is 36.4 Å². The number of hydrogen-bond acceptors (Lipinski definition) is 1. The van der Waals surface area contributed by atoms with Crippen molar-refractivity contribution in [2.24, 2.45) is 0 Å². The molecule has 0 bridgehead atoms. The van der Waals surface area contributed by atoms with Crippen molar-refractivity contribution in [1.29, 1.82) is 0 Å². The van der Waals surface area contributed by atoms with Gasteiger partial charge in [-0.3, -0.25) is 4.40 Å². The Morgan fingerprint density at radius 2 is 1.72 bits per heavy atom. The molecule has 0 aliphatic rings. The van der Waals surface area contributed by atoms with Crippen LogP contribution in [0, 0.1) is 3.70 Å². The molecular formula is C15H9IN2. The van der Waals surface area contributed by atoms with Crippen molar-refractivity contribution >= 4 is 50.0 Å². The third kappa shape index (κ3) is 1.31. The van der Waals surface area contributed by atoms with E-state index in [0.29, 0.717) is 0 Å². The van der Waals surface area contributed by atoms with Gasteiger partial charge in [-0.2, -0.15) is 0 Å². The van der Waals surface area contributed by atoms with Crippen LogP contribution in [-0.2, 0) is 0 Å². The molecule has 0 saturated heterocycles. The van der Waals surface area contributed by atoms with Crippen LogP contribution in [0.5, 0.6) is 0 Å². The highest BCUT2D eigenvalue weighted by Crippen LogP contribution is 2.26. The monoisotopic (exact) mass is 344 g/mol. The number of halogens is 1.